The molecule has 2 heterocycles. The van der Waals surface area contributed by atoms with Gasteiger partial charge in [-0.3, -0.25) is 10.2 Å². The number of benzene rings is 1. The zero-order valence-electron chi connectivity index (χ0n) is 13.0. The minimum Gasteiger partial charge on any atom is -0.447 e. The van der Waals surface area contributed by atoms with Crippen molar-refractivity contribution >= 4 is 29.8 Å². The van der Waals surface area contributed by atoms with Crippen LogP contribution >= 0.6 is 12.2 Å². The number of ketones is 1. The number of carbonyl (C=O) groups excluding carboxylic acids is 1. The first kappa shape index (κ1) is 17.7. The van der Waals surface area contributed by atoms with Gasteiger partial charge in [0.25, 0.3) is 0 Å². The number of hydrogen-bond acceptors (Lipinski definition) is 6. The zero-order valence-corrected chi connectivity index (χ0v) is 13.8. The van der Waals surface area contributed by atoms with Gasteiger partial charge in [-0.15, -0.1) is 5.10 Å². The van der Waals surface area contributed by atoms with Crippen LogP contribution in [0.15, 0.2) is 47.1 Å². The Morgan fingerprint density at radius 3 is 2.73 bits per heavy atom. The van der Waals surface area contributed by atoms with Crippen molar-refractivity contribution in [1.82, 2.24) is 14.5 Å². The highest BCUT2D eigenvalue weighted by molar-refractivity contribution is 7.71. The van der Waals surface area contributed by atoms with Crippen molar-refractivity contribution in [2.24, 2.45) is 0 Å². The van der Waals surface area contributed by atoms with E-state index in [4.69, 9.17) is 22.4 Å². The third-order valence-electron chi connectivity index (χ3n) is 3.41. The van der Waals surface area contributed by atoms with Crippen LogP contribution in [0.1, 0.15) is 15.9 Å². The van der Waals surface area contributed by atoms with Crippen molar-refractivity contribution < 1.29 is 22.4 Å². The molecule has 1 aromatic carbocycles. The number of nitrogens with zero attached hydrogens (tertiary/aromatic N) is 3. The maximum absolute atomic E-state index is 12.8. The van der Waals surface area contributed by atoms with Crippen LogP contribution in [0.25, 0.3) is 0 Å². The molecule has 136 valence electrons. The number of furan rings is 1. The van der Waals surface area contributed by atoms with E-state index < -0.39 is 17.5 Å². The molecule has 0 radical (unpaired) electrons. The Morgan fingerprint density at radius 2 is 2.08 bits per heavy atom. The molecule has 11 heteroatoms. The molecule has 0 amide bonds. The van der Waals surface area contributed by atoms with E-state index in [0.29, 0.717) is 5.88 Å². The lowest BCUT2D eigenvalue weighted by Crippen LogP contribution is -2.15. The van der Waals surface area contributed by atoms with Gasteiger partial charge in [0.15, 0.2) is 5.78 Å². The molecule has 0 aliphatic rings. The maximum Gasteiger partial charge on any atom is 0.416 e. The summed E-state index contributed by atoms with van der Waals surface area (Å²) in [5.41, 5.74) is 7.51. The molecule has 0 saturated carbocycles. The lowest BCUT2D eigenvalue weighted by molar-refractivity contribution is -0.137. The molecule has 3 N–H and O–H groups in total. The maximum atomic E-state index is 12.8. The summed E-state index contributed by atoms with van der Waals surface area (Å²) in [5.74, 6) is -0.283. The Hall–Kier alpha value is -3.08. The van der Waals surface area contributed by atoms with Crippen LogP contribution in [-0.2, 0) is 12.7 Å². The van der Waals surface area contributed by atoms with Gasteiger partial charge in [-0.2, -0.15) is 17.8 Å². The van der Waals surface area contributed by atoms with Crippen LogP contribution in [-0.4, -0.2) is 20.2 Å². The van der Waals surface area contributed by atoms with Gasteiger partial charge in [-0.1, -0.05) is 12.1 Å². The number of carbonyl (C=O) groups is 1. The average Bonchev–Trinajstić information content (AvgIpc) is 3.19. The molecule has 0 aliphatic carbocycles. The van der Waals surface area contributed by atoms with E-state index in [9.17, 15) is 18.0 Å². The predicted molar refractivity (Wildman–Crippen MR) is 89.0 cm³/mol. The number of alkyl halides is 3. The molecule has 0 bridgehead atoms. The van der Waals surface area contributed by atoms with Crippen molar-refractivity contribution in [2.75, 3.05) is 11.2 Å². The standard InChI is InChI=1S/C15H12F3N5O2S/c16-15(17,18)10-4-1-3-9(7-10)11(24)8-22-14(26)23(13(19)21-22)20-12-5-2-6-25-12/h1-7,20H,8H2,(H2,19,21). The molecule has 3 aromatic rings. The molecule has 26 heavy (non-hydrogen) atoms. The molecule has 0 saturated heterocycles. The summed E-state index contributed by atoms with van der Waals surface area (Å²) >= 11 is 5.19. The molecule has 0 atom stereocenters. The molecule has 0 fully saturated rings. The number of nitrogen functional groups attached to an aromatic ring is 1. The largest absolute Gasteiger partial charge is 0.447 e. The summed E-state index contributed by atoms with van der Waals surface area (Å²) in [6, 6.07) is 7.40. The Bertz CT molecular complexity index is 992. The van der Waals surface area contributed by atoms with Crippen LogP contribution in [0.3, 0.4) is 0 Å². The second kappa shape index (κ2) is 6.67. The molecule has 0 spiro atoms. The molecule has 0 aliphatic heterocycles. The van der Waals surface area contributed by atoms with E-state index in [1.807, 2.05) is 0 Å². The zero-order chi connectivity index (χ0) is 18.9. The number of hydrogen-bond donors (Lipinski definition) is 2. The van der Waals surface area contributed by atoms with Gasteiger partial charge < -0.3 is 10.2 Å². The van der Waals surface area contributed by atoms with E-state index in [1.165, 1.54) is 23.1 Å². The van der Waals surface area contributed by atoms with Crippen LogP contribution in [0.2, 0.25) is 0 Å². The normalized spacial score (nSPS) is 11.5. The van der Waals surface area contributed by atoms with Gasteiger partial charge >= 0.3 is 6.18 Å². The van der Waals surface area contributed by atoms with Crippen molar-refractivity contribution in [2.45, 2.75) is 12.7 Å². The van der Waals surface area contributed by atoms with Gasteiger partial charge in [0.1, 0.15) is 6.54 Å². The van der Waals surface area contributed by atoms with E-state index in [2.05, 4.69) is 10.5 Å². The number of nitrogens with one attached hydrogen (secondary N) is 1. The van der Waals surface area contributed by atoms with E-state index in [-0.39, 0.29) is 22.8 Å². The molecule has 7 nitrogen and oxygen atoms in total. The van der Waals surface area contributed by atoms with Crippen LogP contribution < -0.4 is 11.2 Å². The number of anilines is 2. The van der Waals surface area contributed by atoms with Crippen LogP contribution in [0, 0.1) is 4.77 Å². The van der Waals surface area contributed by atoms with Gasteiger partial charge in [0, 0.05) is 11.6 Å². The van der Waals surface area contributed by atoms with Gasteiger partial charge in [-0.05, 0) is 30.4 Å². The topological polar surface area (TPSA) is 91.0 Å². The van der Waals surface area contributed by atoms with E-state index in [1.54, 1.807) is 12.1 Å². The monoisotopic (exact) mass is 383 g/mol. The lowest BCUT2D eigenvalue weighted by atomic mass is 10.1. The summed E-state index contributed by atoms with van der Waals surface area (Å²) in [4.78, 5) is 12.3. The first-order valence-electron chi connectivity index (χ1n) is 7.22. The van der Waals surface area contributed by atoms with Gasteiger partial charge in [-0.25, -0.2) is 4.68 Å². The van der Waals surface area contributed by atoms with Crippen LogP contribution in [0.4, 0.5) is 25.0 Å². The fraction of sp³-hybridized carbons (Fsp3) is 0.133. The average molecular weight is 383 g/mol. The Labute approximate surface area is 149 Å². The minimum atomic E-state index is -4.54. The summed E-state index contributed by atoms with van der Waals surface area (Å²) in [6.45, 7) is -0.364. The van der Waals surface area contributed by atoms with Crippen molar-refractivity contribution in [1.29, 1.82) is 0 Å². The highest BCUT2D eigenvalue weighted by Gasteiger charge is 2.31. The second-order valence-corrected chi connectivity index (χ2v) is 5.59. The Kier molecular flexibility index (Phi) is 4.55. The Morgan fingerprint density at radius 1 is 1.31 bits per heavy atom. The van der Waals surface area contributed by atoms with Crippen molar-refractivity contribution in [3.8, 4) is 0 Å². The third kappa shape index (κ3) is 3.61. The smallest absolute Gasteiger partial charge is 0.416 e. The Balaban J connectivity index is 1.83. The number of Topliss-reactive ketones (excluding diaryl/α,β-unsaturated/α-hetero) is 1. The SMILES string of the molecule is Nc1nn(CC(=O)c2cccc(C(F)(F)F)c2)c(=S)n1Nc1ccco1. The quantitative estimate of drug-likeness (QED) is 0.519. The van der Waals surface area contributed by atoms with Gasteiger partial charge in [0.05, 0.1) is 11.8 Å². The first-order chi connectivity index (χ1) is 12.3. The summed E-state index contributed by atoms with van der Waals surface area (Å²) in [5, 5.41) is 3.93. The van der Waals surface area contributed by atoms with Crippen molar-refractivity contribution in [3.63, 3.8) is 0 Å². The highest BCUT2D eigenvalue weighted by Crippen LogP contribution is 2.29. The third-order valence-corrected chi connectivity index (χ3v) is 3.81. The summed E-state index contributed by atoms with van der Waals surface area (Å²) in [7, 11) is 0. The van der Waals surface area contributed by atoms with Gasteiger partial charge in [0.2, 0.25) is 16.6 Å². The summed E-state index contributed by atoms with van der Waals surface area (Å²) < 4.78 is 45.8. The lowest BCUT2D eigenvalue weighted by Gasteiger charge is -2.08. The highest BCUT2D eigenvalue weighted by atomic mass is 32.1. The minimum absolute atomic E-state index is 0.0387. The first-order valence-corrected chi connectivity index (χ1v) is 7.63. The fourth-order valence-electron chi connectivity index (χ4n) is 2.18. The summed E-state index contributed by atoms with van der Waals surface area (Å²) in [6.07, 6.45) is -3.10. The number of rotatable bonds is 5. The molecule has 3 rings (SSSR count). The van der Waals surface area contributed by atoms with E-state index >= 15 is 0 Å². The molecule has 2 aromatic heterocycles. The number of halogens is 3. The van der Waals surface area contributed by atoms with Crippen LogP contribution in [0.5, 0.6) is 0 Å². The molecular weight excluding hydrogens is 371 g/mol. The molecule has 0 unspecified atom stereocenters. The molecular formula is C15H12F3N5O2S. The fourth-order valence-corrected chi connectivity index (χ4v) is 2.43. The van der Waals surface area contributed by atoms with Crippen molar-refractivity contribution in [3.05, 3.63) is 58.6 Å². The second-order valence-electron chi connectivity index (χ2n) is 5.22. The van der Waals surface area contributed by atoms with E-state index in [0.717, 1.165) is 16.8 Å². The number of nitrogens with two attached hydrogens (primary N) is 1. The number of aromatic nitrogens is 3. The predicted octanol–water partition coefficient (Wildman–Crippen LogP) is 3.37.